The van der Waals surface area contributed by atoms with Crippen LogP contribution in [0.1, 0.15) is 31.1 Å². The van der Waals surface area contributed by atoms with Gasteiger partial charge in [-0.05, 0) is 32.3 Å². The first-order chi connectivity index (χ1) is 8.25. The summed E-state index contributed by atoms with van der Waals surface area (Å²) < 4.78 is 2.27. The number of aromatic nitrogens is 4. The Morgan fingerprint density at radius 2 is 2.18 bits per heavy atom. The molecule has 88 valence electrons. The van der Waals surface area contributed by atoms with E-state index in [-0.39, 0.29) is 0 Å². The fraction of sp³-hybridized carbons (Fsp3) is 0.417. The van der Waals surface area contributed by atoms with E-state index in [1.54, 1.807) is 6.20 Å². The molecule has 0 atom stereocenters. The van der Waals surface area contributed by atoms with E-state index in [4.69, 9.17) is 5.73 Å². The van der Waals surface area contributed by atoms with E-state index < -0.39 is 0 Å². The molecule has 2 aromatic heterocycles. The monoisotopic (exact) mass is 229 g/mol. The van der Waals surface area contributed by atoms with E-state index in [0.717, 1.165) is 17.2 Å². The average molecular weight is 229 g/mol. The third kappa shape index (κ3) is 1.67. The molecule has 0 aromatic carbocycles. The Morgan fingerprint density at radius 1 is 1.35 bits per heavy atom. The lowest BCUT2D eigenvalue weighted by atomic mass is 9.92. The van der Waals surface area contributed by atoms with Crippen LogP contribution in [0, 0.1) is 6.92 Å². The maximum absolute atomic E-state index is 5.62. The van der Waals surface area contributed by atoms with E-state index >= 15 is 0 Å². The maximum Gasteiger partial charge on any atom is 0.220 e. The van der Waals surface area contributed by atoms with Crippen molar-refractivity contribution in [2.45, 2.75) is 32.2 Å². The highest BCUT2D eigenvalue weighted by molar-refractivity contribution is 5.55. The SMILES string of the molecule is Cc1ncc(-c2ccnc(N)n2)n1C1CCC1. The molecular formula is C12H15N5. The van der Waals surface area contributed by atoms with Crippen molar-refractivity contribution < 1.29 is 0 Å². The fourth-order valence-electron chi connectivity index (χ4n) is 2.27. The third-order valence-electron chi connectivity index (χ3n) is 3.36. The van der Waals surface area contributed by atoms with Gasteiger partial charge in [-0.25, -0.2) is 15.0 Å². The van der Waals surface area contributed by atoms with Gasteiger partial charge in [0.1, 0.15) is 5.82 Å². The Kier molecular flexibility index (Phi) is 2.31. The first-order valence-electron chi connectivity index (χ1n) is 5.88. The number of anilines is 1. The first-order valence-corrected chi connectivity index (χ1v) is 5.88. The van der Waals surface area contributed by atoms with Gasteiger partial charge in [0.2, 0.25) is 5.95 Å². The predicted molar refractivity (Wildman–Crippen MR) is 65.3 cm³/mol. The summed E-state index contributed by atoms with van der Waals surface area (Å²) in [5.41, 5.74) is 7.52. The standard InChI is InChI=1S/C12H15N5/c1-8-15-7-11(17(8)9-3-2-4-9)10-5-6-14-12(13)16-10/h5-7,9H,2-4H2,1H3,(H2,13,14,16). The molecule has 1 aliphatic rings. The highest BCUT2D eigenvalue weighted by Gasteiger charge is 2.24. The number of aryl methyl sites for hydroxylation is 1. The fourth-order valence-corrected chi connectivity index (χ4v) is 2.27. The molecule has 3 rings (SSSR count). The van der Waals surface area contributed by atoms with Crippen LogP contribution < -0.4 is 5.73 Å². The number of nitrogens with zero attached hydrogens (tertiary/aromatic N) is 4. The lowest BCUT2D eigenvalue weighted by Gasteiger charge is -2.29. The molecule has 5 nitrogen and oxygen atoms in total. The lowest BCUT2D eigenvalue weighted by Crippen LogP contribution is -2.19. The molecule has 1 aliphatic carbocycles. The number of nitrogens with two attached hydrogens (primary N) is 1. The quantitative estimate of drug-likeness (QED) is 0.854. The summed E-state index contributed by atoms with van der Waals surface area (Å²) in [5, 5.41) is 0. The molecule has 1 fully saturated rings. The van der Waals surface area contributed by atoms with Gasteiger partial charge >= 0.3 is 0 Å². The van der Waals surface area contributed by atoms with E-state index in [1.807, 2.05) is 19.2 Å². The minimum absolute atomic E-state index is 0.307. The Balaban J connectivity index is 2.08. The molecule has 2 heterocycles. The molecule has 0 bridgehead atoms. The molecule has 5 heteroatoms. The Labute approximate surface area is 99.7 Å². The summed E-state index contributed by atoms with van der Waals surface area (Å²) in [6.45, 7) is 2.03. The molecule has 0 amide bonds. The average Bonchev–Trinajstić information content (AvgIpc) is 2.59. The Hall–Kier alpha value is -1.91. The minimum atomic E-state index is 0.307. The molecule has 0 unspecified atom stereocenters. The summed E-state index contributed by atoms with van der Waals surface area (Å²) in [6, 6.07) is 2.45. The summed E-state index contributed by atoms with van der Waals surface area (Å²) in [7, 11) is 0. The molecule has 0 saturated heterocycles. The zero-order valence-corrected chi connectivity index (χ0v) is 9.80. The number of hydrogen-bond donors (Lipinski definition) is 1. The number of hydrogen-bond acceptors (Lipinski definition) is 4. The van der Waals surface area contributed by atoms with Crippen molar-refractivity contribution in [1.29, 1.82) is 0 Å². The van der Waals surface area contributed by atoms with Gasteiger partial charge in [0, 0.05) is 12.2 Å². The van der Waals surface area contributed by atoms with Crippen molar-refractivity contribution in [1.82, 2.24) is 19.5 Å². The number of nitrogen functional groups attached to an aromatic ring is 1. The second-order valence-corrected chi connectivity index (χ2v) is 4.45. The van der Waals surface area contributed by atoms with E-state index in [1.165, 1.54) is 19.3 Å². The van der Waals surface area contributed by atoms with Crippen molar-refractivity contribution in [2.75, 3.05) is 5.73 Å². The van der Waals surface area contributed by atoms with Gasteiger partial charge in [-0.2, -0.15) is 0 Å². The van der Waals surface area contributed by atoms with Crippen molar-refractivity contribution >= 4 is 5.95 Å². The largest absolute Gasteiger partial charge is 0.368 e. The topological polar surface area (TPSA) is 69.6 Å². The maximum atomic E-state index is 5.62. The van der Waals surface area contributed by atoms with Gasteiger partial charge in [0.25, 0.3) is 0 Å². The number of rotatable bonds is 2. The molecule has 2 aromatic rings. The van der Waals surface area contributed by atoms with Crippen LogP contribution in [0.15, 0.2) is 18.5 Å². The lowest BCUT2D eigenvalue weighted by molar-refractivity contribution is 0.311. The highest BCUT2D eigenvalue weighted by Crippen LogP contribution is 2.36. The van der Waals surface area contributed by atoms with Gasteiger partial charge in [-0.15, -0.1) is 0 Å². The van der Waals surface area contributed by atoms with Crippen molar-refractivity contribution in [3.8, 4) is 11.4 Å². The van der Waals surface area contributed by atoms with Gasteiger partial charge in [-0.1, -0.05) is 0 Å². The summed E-state index contributed by atoms with van der Waals surface area (Å²) in [5.74, 6) is 1.35. The van der Waals surface area contributed by atoms with Crippen LogP contribution >= 0.6 is 0 Å². The van der Waals surface area contributed by atoms with Crippen molar-refractivity contribution in [3.63, 3.8) is 0 Å². The smallest absolute Gasteiger partial charge is 0.220 e. The van der Waals surface area contributed by atoms with Crippen LogP contribution in [0.25, 0.3) is 11.4 Å². The third-order valence-corrected chi connectivity index (χ3v) is 3.36. The number of imidazole rings is 1. The van der Waals surface area contributed by atoms with Crippen molar-refractivity contribution in [3.05, 3.63) is 24.3 Å². The molecule has 0 radical (unpaired) electrons. The normalized spacial score (nSPS) is 15.8. The van der Waals surface area contributed by atoms with Crippen molar-refractivity contribution in [2.24, 2.45) is 0 Å². The van der Waals surface area contributed by atoms with Gasteiger partial charge in [0.15, 0.2) is 0 Å². The molecule has 17 heavy (non-hydrogen) atoms. The van der Waals surface area contributed by atoms with Crippen LogP contribution in [0.4, 0.5) is 5.95 Å². The van der Waals surface area contributed by atoms with Crippen LogP contribution in [0.3, 0.4) is 0 Å². The summed E-state index contributed by atoms with van der Waals surface area (Å²) >= 11 is 0. The van der Waals surface area contributed by atoms with E-state index in [9.17, 15) is 0 Å². The Bertz CT molecular complexity index is 542. The van der Waals surface area contributed by atoms with Gasteiger partial charge in [-0.3, -0.25) is 0 Å². The molecule has 0 spiro atoms. The van der Waals surface area contributed by atoms with Crippen LogP contribution in [0.2, 0.25) is 0 Å². The molecule has 1 saturated carbocycles. The first kappa shape index (κ1) is 10.3. The van der Waals surface area contributed by atoms with Crippen LogP contribution in [-0.4, -0.2) is 19.5 Å². The van der Waals surface area contributed by atoms with E-state index in [2.05, 4.69) is 19.5 Å². The highest BCUT2D eigenvalue weighted by atomic mass is 15.1. The predicted octanol–water partition coefficient (Wildman–Crippen LogP) is 1.96. The van der Waals surface area contributed by atoms with Crippen LogP contribution in [0.5, 0.6) is 0 Å². The zero-order valence-electron chi connectivity index (χ0n) is 9.80. The Morgan fingerprint density at radius 3 is 2.82 bits per heavy atom. The second kappa shape index (κ2) is 3.84. The molecule has 0 aliphatic heterocycles. The van der Waals surface area contributed by atoms with Gasteiger partial charge in [0.05, 0.1) is 17.6 Å². The zero-order chi connectivity index (χ0) is 11.8. The minimum Gasteiger partial charge on any atom is -0.368 e. The summed E-state index contributed by atoms with van der Waals surface area (Å²) in [4.78, 5) is 12.6. The summed E-state index contributed by atoms with van der Waals surface area (Å²) in [6.07, 6.45) is 7.31. The second-order valence-electron chi connectivity index (χ2n) is 4.45. The van der Waals surface area contributed by atoms with Crippen LogP contribution in [-0.2, 0) is 0 Å². The van der Waals surface area contributed by atoms with Gasteiger partial charge < -0.3 is 10.3 Å². The van der Waals surface area contributed by atoms with E-state index in [0.29, 0.717) is 12.0 Å². The molecular weight excluding hydrogens is 214 g/mol. The molecule has 2 N–H and O–H groups in total.